The van der Waals surface area contributed by atoms with Crippen molar-refractivity contribution < 1.29 is 23.4 Å². The minimum atomic E-state index is -1.10. The predicted octanol–water partition coefficient (Wildman–Crippen LogP) is 1.62. The molecule has 2 N–H and O–H groups in total. The lowest BCUT2D eigenvalue weighted by molar-refractivity contribution is 0.0966. The van der Waals surface area contributed by atoms with Crippen molar-refractivity contribution in [2.45, 2.75) is 25.7 Å². The summed E-state index contributed by atoms with van der Waals surface area (Å²) in [7, 11) is 3.16. The van der Waals surface area contributed by atoms with Crippen LogP contribution in [0.2, 0.25) is 0 Å². The number of anilines is 2. The molecule has 3 aromatic rings. The van der Waals surface area contributed by atoms with Crippen molar-refractivity contribution >= 4 is 28.7 Å². The first-order chi connectivity index (χ1) is 12.9. The third-order valence-electron chi connectivity index (χ3n) is 4.67. The molecular weight excluding hydrogens is 357 g/mol. The van der Waals surface area contributed by atoms with E-state index in [1.54, 1.807) is 23.4 Å². The summed E-state index contributed by atoms with van der Waals surface area (Å²) in [6.07, 6.45) is 0.402. The number of likely N-dealkylation sites (N-methyl/N-ethyl adjacent to an activating group) is 1. The largest absolute Gasteiger partial charge is 0.494 e. The number of benzene rings is 1. The van der Waals surface area contributed by atoms with Gasteiger partial charge in [-0.2, -0.15) is 4.98 Å². The highest BCUT2D eigenvalue weighted by molar-refractivity contribution is 6.08. The zero-order chi connectivity index (χ0) is 19.3. The van der Waals surface area contributed by atoms with Gasteiger partial charge in [0.1, 0.15) is 17.4 Å². The first-order valence-corrected chi connectivity index (χ1v) is 8.30. The van der Waals surface area contributed by atoms with Crippen molar-refractivity contribution in [2.24, 2.45) is 0 Å². The van der Waals surface area contributed by atoms with E-state index in [2.05, 4.69) is 15.3 Å². The first-order valence-electron chi connectivity index (χ1n) is 8.30. The van der Waals surface area contributed by atoms with Gasteiger partial charge in [0.05, 0.1) is 26.0 Å². The molecule has 142 valence electrons. The number of Topliss-reactive ketones (excluding diaryl/α,β-unsaturated/α-hetero) is 1. The number of halogens is 1. The third-order valence-corrected chi connectivity index (χ3v) is 4.67. The number of ketones is 1. The van der Waals surface area contributed by atoms with Crippen molar-refractivity contribution in [2.75, 3.05) is 24.4 Å². The molecule has 0 amide bonds. The Kier molecular flexibility index (Phi) is 3.99. The van der Waals surface area contributed by atoms with Crippen LogP contribution in [-0.2, 0) is 6.54 Å². The maximum absolute atomic E-state index is 13.7. The number of imidazole rings is 1. The highest BCUT2D eigenvalue weighted by Crippen LogP contribution is 2.30. The van der Waals surface area contributed by atoms with E-state index in [1.807, 2.05) is 0 Å². The maximum Gasteiger partial charge on any atom is 0.297 e. The second kappa shape index (κ2) is 6.23. The van der Waals surface area contributed by atoms with E-state index in [4.69, 9.17) is 9.15 Å². The van der Waals surface area contributed by atoms with Gasteiger partial charge in [0.25, 0.3) is 6.01 Å². The van der Waals surface area contributed by atoms with Crippen LogP contribution in [0, 0.1) is 5.82 Å². The van der Waals surface area contributed by atoms with E-state index in [0.29, 0.717) is 17.0 Å². The fraction of sp³-hybridized carbons (Fsp3) is 0.353. The number of hydrogen-bond donors (Lipinski definition) is 2. The summed E-state index contributed by atoms with van der Waals surface area (Å²) in [6.45, 7) is 1.86. The topological polar surface area (TPSA) is 106 Å². The Hall–Kier alpha value is -3.14. The monoisotopic (exact) mass is 375 g/mol. The van der Waals surface area contributed by atoms with Crippen LogP contribution in [0.25, 0.3) is 11.1 Å². The number of methoxy groups -OCH3 is 1. The molecule has 27 heavy (non-hydrogen) atoms. The number of carbonyl (C=O) groups is 1. The van der Waals surface area contributed by atoms with E-state index in [1.165, 1.54) is 19.5 Å². The van der Waals surface area contributed by atoms with Gasteiger partial charge in [-0.15, -0.1) is 0 Å². The average molecular weight is 375 g/mol. The summed E-state index contributed by atoms with van der Waals surface area (Å²) in [5, 5.41) is 13.0. The quantitative estimate of drug-likeness (QED) is 0.648. The van der Waals surface area contributed by atoms with Crippen LogP contribution in [0.4, 0.5) is 16.2 Å². The van der Waals surface area contributed by atoms with Crippen molar-refractivity contribution in [1.82, 2.24) is 14.5 Å². The lowest BCUT2D eigenvalue weighted by Crippen LogP contribution is -2.30. The molecule has 2 atom stereocenters. The standard InChI is InChI=1S/C17H18FN5O4/c1-8-15(25)14-16(22(8)2)19-7-23(14)6-13(24)21-17-20-10-5-11(26-3)9(18)4-12(10)27-17/h4-5,7-8,13,24H,6H2,1-3H3,(H,20,21). The Morgan fingerprint density at radius 3 is 3.00 bits per heavy atom. The second-order valence-electron chi connectivity index (χ2n) is 6.35. The molecule has 0 saturated heterocycles. The Bertz CT molecular complexity index is 1030. The lowest BCUT2D eigenvalue weighted by atomic mass is 10.2. The molecule has 0 spiro atoms. The van der Waals surface area contributed by atoms with Crippen molar-refractivity contribution in [1.29, 1.82) is 0 Å². The molecule has 0 aliphatic carbocycles. The summed E-state index contributed by atoms with van der Waals surface area (Å²) in [5.41, 5.74) is 1.06. The van der Waals surface area contributed by atoms with Crippen molar-refractivity contribution in [3.8, 4) is 5.75 Å². The zero-order valence-electron chi connectivity index (χ0n) is 14.9. The molecule has 4 rings (SSSR count). The molecule has 0 radical (unpaired) electrons. The van der Waals surface area contributed by atoms with Crippen LogP contribution >= 0.6 is 0 Å². The maximum atomic E-state index is 13.7. The molecule has 0 fully saturated rings. The number of aliphatic hydroxyl groups is 1. The van der Waals surface area contributed by atoms with Crippen molar-refractivity contribution in [3.05, 3.63) is 30.0 Å². The van der Waals surface area contributed by atoms with E-state index in [0.717, 1.165) is 6.07 Å². The van der Waals surface area contributed by atoms with Gasteiger partial charge < -0.3 is 29.0 Å². The predicted molar refractivity (Wildman–Crippen MR) is 94.6 cm³/mol. The minimum absolute atomic E-state index is 0.0266. The van der Waals surface area contributed by atoms with Crippen LogP contribution in [-0.4, -0.2) is 51.9 Å². The van der Waals surface area contributed by atoms with Gasteiger partial charge in [-0.1, -0.05) is 0 Å². The lowest BCUT2D eigenvalue weighted by Gasteiger charge is -2.14. The number of aromatic nitrogens is 3. The number of fused-ring (bicyclic) bond motifs is 2. The molecule has 1 aliphatic heterocycles. The normalized spacial score (nSPS) is 17.4. The second-order valence-corrected chi connectivity index (χ2v) is 6.35. The Morgan fingerprint density at radius 2 is 2.26 bits per heavy atom. The van der Waals surface area contributed by atoms with Gasteiger partial charge in [-0.25, -0.2) is 9.37 Å². The number of hydrogen-bond acceptors (Lipinski definition) is 8. The molecule has 1 aromatic carbocycles. The number of carbonyl (C=O) groups excluding carboxylic acids is 1. The van der Waals surface area contributed by atoms with E-state index in [9.17, 15) is 14.3 Å². The Morgan fingerprint density at radius 1 is 1.48 bits per heavy atom. The van der Waals surface area contributed by atoms with Gasteiger partial charge in [0.2, 0.25) is 5.78 Å². The number of ether oxygens (including phenoxy) is 1. The number of nitrogens with one attached hydrogen (secondary N) is 1. The Labute approximate surface area is 153 Å². The molecule has 2 unspecified atom stereocenters. The molecular formula is C17H18FN5O4. The summed E-state index contributed by atoms with van der Waals surface area (Å²) >= 11 is 0. The summed E-state index contributed by atoms with van der Waals surface area (Å²) < 4.78 is 25.6. The smallest absolute Gasteiger partial charge is 0.297 e. The number of nitrogens with zero attached hydrogens (tertiary/aromatic N) is 4. The van der Waals surface area contributed by atoms with E-state index < -0.39 is 12.0 Å². The van der Waals surface area contributed by atoms with Crippen LogP contribution < -0.4 is 15.0 Å². The summed E-state index contributed by atoms with van der Waals surface area (Å²) in [5.74, 6) is 0.0124. The fourth-order valence-electron chi connectivity index (χ4n) is 3.10. The molecule has 1 aliphatic rings. The van der Waals surface area contributed by atoms with Gasteiger partial charge in [-0.05, 0) is 6.92 Å². The summed E-state index contributed by atoms with van der Waals surface area (Å²) in [4.78, 5) is 22.5. The molecule has 10 heteroatoms. The van der Waals surface area contributed by atoms with Gasteiger partial charge in [0.15, 0.2) is 23.0 Å². The minimum Gasteiger partial charge on any atom is -0.494 e. The van der Waals surface area contributed by atoms with Crippen LogP contribution in [0.3, 0.4) is 0 Å². The van der Waals surface area contributed by atoms with Crippen LogP contribution in [0.1, 0.15) is 17.4 Å². The Balaban J connectivity index is 1.53. The highest BCUT2D eigenvalue weighted by atomic mass is 19.1. The molecule has 0 saturated carbocycles. The first kappa shape index (κ1) is 17.3. The average Bonchev–Trinajstić information content (AvgIpc) is 3.26. The molecule has 3 heterocycles. The SMILES string of the molecule is COc1cc2nc(NC(O)Cn3cnc4c3C(=O)C(C)N4C)oc2cc1F. The fourth-order valence-corrected chi connectivity index (χ4v) is 3.10. The summed E-state index contributed by atoms with van der Waals surface area (Å²) in [6, 6.07) is 2.31. The number of aliphatic hydroxyl groups excluding tert-OH is 1. The van der Waals surface area contributed by atoms with E-state index >= 15 is 0 Å². The highest BCUT2D eigenvalue weighted by Gasteiger charge is 2.36. The number of oxazole rings is 1. The van der Waals surface area contributed by atoms with Crippen LogP contribution in [0.5, 0.6) is 5.75 Å². The van der Waals surface area contributed by atoms with Gasteiger partial charge >= 0.3 is 0 Å². The zero-order valence-corrected chi connectivity index (χ0v) is 14.9. The van der Waals surface area contributed by atoms with Gasteiger partial charge in [-0.3, -0.25) is 4.79 Å². The van der Waals surface area contributed by atoms with E-state index in [-0.39, 0.29) is 35.7 Å². The number of rotatable bonds is 5. The van der Waals surface area contributed by atoms with Gasteiger partial charge in [0, 0.05) is 19.2 Å². The molecule has 9 nitrogen and oxygen atoms in total. The third kappa shape index (κ3) is 2.78. The molecule has 2 aromatic heterocycles. The van der Waals surface area contributed by atoms with Crippen LogP contribution in [0.15, 0.2) is 22.9 Å². The molecule has 0 bridgehead atoms. The van der Waals surface area contributed by atoms with Crippen molar-refractivity contribution in [3.63, 3.8) is 0 Å².